The second-order valence-electron chi connectivity index (χ2n) is 4.13. The van der Waals surface area contributed by atoms with Gasteiger partial charge in [0.1, 0.15) is 5.75 Å². The normalized spacial score (nSPS) is 10.3. The second-order valence-corrected chi connectivity index (χ2v) is 4.94. The highest BCUT2D eigenvalue weighted by atomic mass is 35.5. The molecule has 0 aliphatic heterocycles. The Morgan fingerprint density at radius 2 is 1.84 bits per heavy atom. The van der Waals surface area contributed by atoms with Crippen molar-refractivity contribution in [2.24, 2.45) is 0 Å². The fraction of sp³-hybridized carbons (Fsp3) is 0.143. The molecule has 100 valence electrons. The van der Waals surface area contributed by atoms with Crippen LogP contribution in [-0.2, 0) is 0 Å². The lowest BCUT2D eigenvalue weighted by Gasteiger charge is -2.15. The zero-order valence-electron chi connectivity index (χ0n) is 10.6. The number of ether oxygens (including phenoxy) is 1. The summed E-state index contributed by atoms with van der Waals surface area (Å²) in [7, 11) is 1.59. The Balaban J connectivity index is 2.43. The van der Waals surface area contributed by atoms with Gasteiger partial charge in [0.25, 0.3) is 0 Å². The van der Waals surface area contributed by atoms with Gasteiger partial charge in [0.05, 0.1) is 29.2 Å². The third-order valence-electron chi connectivity index (χ3n) is 2.80. The van der Waals surface area contributed by atoms with Crippen molar-refractivity contribution < 1.29 is 4.74 Å². The second kappa shape index (κ2) is 5.59. The zero-order valence-corrected chi connectivity index (χ0v) is 12.1. The molecule has 0 bridgehead atoms. The molecule has 0 atom stereocenters. The fourth-order valence-corrected chi connectivity index (χ4v) is 2.05. The number of hydrogen-bond donors (Lipinski definition) is 2. The Morgan fingerprint density at radius 1 is 1.11 bits per heavy atom. The molecule has 2 aromatic rings. The SMILES string of the molecule is COc1cc(Cl)c(C)cc1Nc1cccc(Cl)c1N. The third kappa shape index (κ3) is 2.88. The van der Waals surface area contributed by atoms with E-state index in [0.717, 1.165) is 16.9 Å². The van der Waals surface area contributed by atoms with E-state index in [2.05, 4.69) is 5.32 Å². The molecular weight excluding hydrogens is 283 g/mol. The number of nitrogens with two attached hydrogens (primary N) is 1. The van der Waals surface area contributed by atoms with Crippen LogP contribution in [0.5, 0.6) is 5.75 Å². The molecule has 0 radical (unpaired) electrons. The maximum absolute atomic E-state index is 6.07. The molecule has 3 nitrogen and oxygen atoms in total. The lowest BCUT2D eigenvalue weighted by molar-refractivity contribution is 0.417. The van der Waals surface area contributed by atoms with Crippen molar-refractivity contribution in [1.29, 1.82) is 0 Å². The number of para-hydroxylation sites is 1. The van der Waals surface area contributed by atoms with Crippen LogP contribution in [0.25, 0.3) is 0 Å². The van der Waals surface area contributed by atoms with Crippen molar-refractivity contribution in [3.63, 3.8) is 0 Å². The predicted molar refractivity (Wildman–Crippen MR) is 81.9 cm³/mol. The van der Waals surface area contributed by atoms with E-state index in [0.29, 0.717) is 21.5 Å². The molecule has 19 heavy (non-hydrogen) atoms. The number of benzene rings is 2. The zero-order chi connectivity index (χ0) is 14.0. The van der Waals surface area contributed by atoms with Crippen LogP contribution in [0.1, 0.15) is 5.56 Å². The first kappa shape index (κ1) is 13.8. The van der Waals surface area contributed by atoms with Crippen LogP contribution >= 0.6 is 23.2 Å². The maximum atomic E-state index is 6.07. The van der Waals surface area contributed by atoms with Crippen molar-refractivity contribution in [2.75, 3.05) is 18.2 Å². The van der Waals surface area contributed by atoms with Crippen LogP contribution in [-0.4, -0.2) is 7.11 Å². The average molecular weight is 297 g/mol. The summed E-state index contributed by atoms with van der Waals surface area (Å²) in [6, 6.07) is 9.09. The molecule has 0 spiro atoms. The van der Waals surface area contributed by atoms with Crippen LogP contribution in [0.2, 0.25) is 10.0 Å². The first-order valence-electron chi connectivity index (χ1n) is 5.68. The van der Waals surface area contributed by atoms with E-state index in [4.69, 9.17) is 33.7 Å². The van der Waals surface area contributed by atoms with Crippen molar-refractivity contribution in [1.82, 2.24) is 0 Å². The van der Waals surface area contributed by atoms with Crippen molar-refractivity contribution in [3.05, 3.63) is 45.9 Å². The van der Waals surface area contributed by atoms with Crippen molar-refractivity contribution in [3.8, 4) is 5.75 Å². The van der Waals surface area contributed by atoms with Gasteiger partial charge in [0, 0.05) is 11.1 Å². The molecule has 2 rings (SSSR count). The Bertz CT molecular complexity index is 615. The summed E-state index contributed by atoms with van der Waals surface area (Å²) >= 11 is 12.1. The predicted octanol–water partition coefficient (Wildman–Crippen LogP) is 4.64. The summed E-state index contributed by atoms with van der Waals surface area (Å²) in [5.74, 6) is 0.648. The Labute approximate surface area is 122 Å². The molecule has 0 saturated carbocycles. The van der Waals surface area contributed by atoms with Gasteiger partial charge in [-0.05, 0) is 30.7 Å². The van der Waals surface area contributed by atoms with Crippen LogP contribution in [0.4, 0.5) is 17.1 Å². The molecule has 0 unspecified atom stereocenters. The Morgan fingerprint density at radius 3 is 2.53 bits per heavy atom. The summed E-state index contributed by atoms with van der Waals surface area (Å²) in [5, 5.41) is 4.37. The van der Waals surface area contributed by atoms with Crippen LogP contribution in [0.15, 0.2) is 30.3 Å². The maximum Gasteiger partial charge on any atom is 0.143 e. The lowest BCUT2D eigenvalue weighted by atomic mass is 10.2. The number of nitrogens with one attached hydrogen (secondary N) is 1. The van der Waals surface area contributed by atoms with Crippen LogP contribution in [0.3, 0.4) is 0 Å². The van der Waals surface area contributed by atoms with E-state index in [1.165, 1.54) is 0 Å². The molecule has 0 heterocycles. The van der Waals surface area contributed by atoms with E-state index >= 15 is 0 Å². The largest absolute Gasteiger partial charge is 0.495 e. The van der Waals surface area contributed by atoms with E-state index in [-0.39, 0.29) is 0 Å². The van der Waals surface area contributed by atoms with E-state index in [1.807, 2.05) is 25.1 Å². The molecular formula is C14H14Cl2N2O. The topological polar surface area (TPSA) is 47.3 Å². The first-order valence-corrected chi connectivity index (χ1v) is 6.43. The highest BCUT2D eigenvalue weighted by Crippen LogP contribution is 2.36. The summed E-state index contributed by atoms with van der Waals surface area (Å²) in [6.45, 7) is 1.92. The minimum Gasteiger partial charge on any atom is -0.495 e. The molecule has 3 N–H and O–H groups in total. The summed E-state index contributed by atoms with van der Waals surface area (Å²) in [6.07, 6.45) is 0. The van der Waals surface area contributed by atoms with Crippen molar-refractivity contribution >= 4 is 40.3 Å². The molecule has 0 aliphatic carbocycles. The van der Waals surface area contributed by atoms with E-state index in [1.54, 1.807) is 19.2 Å². The summed E-state index contributed by atoms with van der Waals surface area (Å²) in [5.41, 5.74) is 8.90. The third-order valence-corrected chi connectivity index (χ3v) is 3.54. The van der Waals surface area contributed by atoms with Gasteiger partial charge in [0.2, 0.25) is 0 Å². The Hall–Kier alpha value is -1.58. The number of aryl methyl sites for hydroxylation is 1. The number of methoxy groups -OCH3 is 1. The molecule has 0 aliphatic rings. The molecule has 0 aromatic heterocycles. The van der Waals surface area contributed by atoms with Gasteiger partial charge in [-0.15, -0.1) is 0 Å². The van der Waals surface area contributed by atoms with Crippen molar-refractivity contribution in [2.45, 2.75) is 6.92 Å². The van der Waals surface area contributed by atoms with Gasteiger partial charge in [0.15, 0.2) is 0 Å². The average Bonchev–Trinajstić information content (AvgIpc) is 2.39. The van der Waals surface area contributed by atoms with Gasteiger partial charge in [-0.2, -0.15) is 0 Å². The fourth-order valence-electron chi connectivity index (χ4n) is 1.72. The van der Waals surface area contributed by atoms with Gasteiger partial charge in [-0.25, -0.2) is 0 Å². The first-order chi connectivity index (χ1) is 9.02. The molecule has 0 amide bonds. The molecule has 0 fully saturated rings. The number of nitrogen functional groups attached to an aromatic ring is 1. The lowest BCUT2D eigenvalue weighted by Crippen LogP contribution is -1.99. The van der Waals surface area contributed by atoms with Gasteiger partial charge in [-0.1, -0.05) is 29.3 Å². The number of rotatable bonds is 3. The van der Waals surface area contributed by atoms with E-state index in [9.17, 15) is 0 Å². The van der Waals surface area contributed by atoms with Gasteiger partial charge >= 0.3 is 0 Å². The molecule has 0 saturated heterocycles. The van der Waals surface area contributed by atoms with Crippen LogP contribution in [0, 0.1) is 6.92 Å². The number of halogens is 2. The quantitative estimate of drug-likeness (QED) is 0.812. The summed E-state index contributed by atoms with van der Waals surface area (Å²) in [4.78, 5) is 0. The summed E-state index contributed by atoms with van der Waals surface area (Å²) < 4.78 is 5.30. The van der Waals surface area contributed by atoms with Gasteiger partial charge < -0.3 is 15.8 Å². The minimum atomic E-state index is 0.499. The van der Waals surface area contributed by atoms with E-state index < -0.39 is 0 Å². The number of anilines is 3. The van der Waals surface area contributed by atoms with Gasteiger partial charge in [-0.3, -0.25) is 0 Å². The minimum absolute atomic E-state index is 0.499. The highest BCUT2D eigenvalue weighted by Gasteiger charge is 2.09. The Kier molecular flexibility index (Phi) is 4.08. The standard InChI is InChI=1S/C14H14Cl2N2O/c1-8-6-12(13(19-2)7-10(8)16)18-11-5-3-4-9(15)14(11)17/h3-7,18H,17H2,1-2H3. The number of hydrogen-bond acceptors (Lipinski definition) is 3. The monoisotopic (exact) mass is 296 g/mol. The van der Waals surface area contributed by atoms with Crippen LogP contribution < -0.4 is 15.8 Å². The molecule has 5 heteroatoms. The highest BCUT2D eigenvalue weighted by molar-refractivity contribution is 6.33. The smallest absolute Gasteiger partial charge is 0.143 e. The molecule has 2 aromatic carbocycles.